The highest BCUT2D eigenvalue weighted by Crippen LogP contribution is 2.22. The van der Waals surface area contributed by atoms with Gasteiger partial charge in [0.15, 0.2) is 101 Å². The van der Waals surface area contributed by atoms with E-state index in [0.717, 1.165) is 152 Å². The van der Waals surface area contributed by atoms with Crippen LogP contribution in [-0.2, 0) is 37.9 Å². The van der Waals surface area contributed by atoms with Crippen LogP contribution < -0.4 is 40.2 Å². The van der Waals surface area contributed by atoms with Crippen molar-refractivity contribution in [2.24, 2.45) is 47.3 Å². The van der Waals surface area contributed by atoms with Gasteiger partial charge in [0.2, 0.25) is 0 Å². The van der Waals surface area contributed by atoms with Crippen LogP contribution in [0.2, 0.25) is 0 Å². The summed E-state index contributed by atoms with van der Waals surface area (Å²) in [4.78, 5) is 0. The second-order valence-corrected chi connectivity index (χ2v) is 34.6. The minimum atomic E-state index is -3.17. The van der Waals surface area contributed by atoms with E-state index in [4.69, 9.17) is 78.1 Å². The largest absolute Gasteiger partial charge is 0.867 e. The topological polar surface area (TPSA) is 282 Å². The van der Waals surface area contributed by atoms with E-state index >= 15 is 0 Å². The summed E-state index contributed by atoms with van der Waals surface area (Å²) in [6.45, 7) is 87.1. The molecule has 8 atom stereocenters. The average Bonchev–Trinajstić information content (AvgIpc) is 1.78. The lowest BCUT2D eigenvalue weighted by atomic mass is 10.1. The van der Waals surface area contributed by atoms with Gasteiger partial charge in [-0.05, 0) is 0 Å². The molecular formula is C88H176B4F4N8O16. The van der Waals surface area contributed by atoms with Crippen LogP contribution in [0.4, 0.5) is 17.3 Å². The number of rotatable bonds is 32. The zero-order chi connectivity index (χ0) is 93.1. The average molecular weight is 1720 g/mol. The molecule has 0 aromatic heterocycles. The summed E-state index contributed by atoms with van der Waals surface area (Å²) in [6, 6.07) is 4.83. The molecule has 0 fully saturated rings. The molecule has 0 saturated carbocycles. The fourth-order valence-corrected chi connectivity index (χ4v) is 14.5. The second-order valence-electron chi connectivity index (χ2n) is 34.6. The van der Waals surface area contributed by atoms with Crippen molar-refractivity contribution < 1.29 is 132 Å². The second kappa shape index (κ2) is 71.6. The van der Waals surface area contributed by atoms with E-state index in [-0.39, 0.29) is 0 Å². The van der Waals surface area contributed by atoms with Crippen LogP contribution in [0.5, 0.6) is 0 Å². The van der Waals surface area contributed by atoms with Gasteiger partial charge in [-0.15, -0.1) is 0 Å². The first-order chi connectivity index (χ1) is 56.2. The van der Waals surface area contributed by atoms with Crippen molar-refractivity contribution in [3.63, 3.8) is 0 Å². The predicted molar refractivity (Wildman–Crippen MR) is 470 cm³/mol. The molecule has 0 N–H and O–H groups in total. The van der Waals surface area contributed by atoms with Crippen LogP contribution >= 0.6 is 0 Å². The summed E-state index contributed by atoms with van der Waals surface area (Å²) in [5.74, 6) is 14.5. The van der Waals surface area contributed by atoms with Gasteiger partial charge in [-0.1, -0.05) is 218 Å². The number of hydrogen-bond acceptors (Lipinski definition) is 16. The van der Waals surface area contributed by atoms with E-state index in [2.05, 4.69) is 258 Å². The summed E-state index contributed by atoms with van der Waals surface area (Å²) in [6.07, 6.45) is 20.2. The lowest BCUT2D eigenvalue weighted by Crippen LogP contribution is -2.39. The van der Waals surface area contributed by atoms with Crippen molar-refractivity contribution in [1.82, 2.24) is 0 Å². The number of unbranched alkanes of at least 4 members (excludes halogenated alkanes) is 8. The highest BCUT2D eigenvalue weighted by Gasteiger charge is 2.41. The fourth-order valence-electron chi connectivity index (χ4n) is 14.5. The van der Waals surface area contributed by atoms with E-state index in [1.807, 2.05) is 0 Å². The third kappa shape index (κ3) is 53.7. The Morgan fingerprint density at radius 1 is 0.217 bits per heavy atom. The third-order valence-electron chi connectivity index (χ3n) is 22.3. The maximum Gasteiger partial charge on any atom is 0.333 e. The summed E-state index contributed by atoms with van der Waals surface area (Å²) < 4.78 is 104. The molecule has 0 aromatic carbocycles. The molecule has 8 heterocycles. The van der Waals surface area contributed by atoms with E-state index < -0.39 is 29.6 Å². The quantitative estimate of drug-likeness (QED) is 0.0345. The standard InChI is InChI=1S/8C11H22NO.4BFO2/c8*1-5-6-7-12-10(4)13-8-11(12)9(2)3;4*2-1(3)4/h8*9,11H,5-8H2,1-4H3;;;;/q8*+1;4*-2/t8*11-;;;;/m11111111..../s1. The fraction of sp³-hybridized carbons (Fsp3) is 0.909. The molecule has 0 aromatic rings. The molecule has 0 saturated heterocycles. The number of halogens is 4. The molecule has 32 heteroatoms. The highest BCUT2D eigenvalue weighted by molar-refractivity contribution is 6.27. The maximum absolute atomic E-state index is 9.89. The van der Waals surface area contributed by atoms with Crippen LogP contribution in [0.3, 0.4) is 0 Å². The van der Waals surface area contributed by atoms with E-state index in [1.165, 1.54) is 103 Å². The van der Waals surface area contributed by atoms with Gasteiger partial charge in [0.1, 0.15) is 81.9 Å². The lowest BCUT2D eigenvalue weighted by molar-refractivity contribution is -0.564. The lowest BCUT2D eigenvalue weighted by Gasteiger charge is -2.11. The molecule has 704 valence electrons. The Bertz CT molecular complexity index is 2350. The zero-order valence-corrected chi connectivity index (χ0v) is 81.8. The monoisotopic (exact) mass is 1720 g/mol. The van der Waals surface area contributed by atoms with Gasteiger partial charge in [-0.25, -0.2) is 0 Å². The van der Waals surface area contributed by atoms with Crippen molar-refractivity contribution >= 4 is 76.8 Å². The van der Waals surface area contributed by atoms with Gasteiger partial charge in [0.25, 0.3) is 0 Å². The van der Waals surface area contributed by atoms with Gasteiger partial charge < -0.3 is 95.3 Å². The first-order valence-electron chi connectivity index (χ1n) is 45.9. The Kier molecular flexibility index (Phi) is 72.6. The van der Waals surface area contributed by atoms with E-state index in [1.54, 1.807) is 0 Å². The summed E-state index contributed by atoms with van der Waals surface area (Å²) in [7, 11) is -12.7. The van der Waals surface area contributed by atoms with Gasteiger partial charge >= 0.3 is 47.2 Å². The van der Waals surface area contributed by atoms with Crippen LogP contribution in [0, 0.1) is 47.3 Å². The van der Waals surface area contributed by atoms with Crippen molar-refractivity contribution in [3.8, 4) is 0 Å². The van der Waals surface area contributed by atoms with Crippen LogP contribution in [0.15, 0.2) is 0 Å². The van der Waals surface area contributed by atoms with Crippen LogP contribution in [0.25, 0.3) is 0 Å². The molecule has 0 unspecified atom stereocenters. The molecule has 8 rings (SSSR count). The van der Waals surface area contributed by atoms with Crippen molar-refractivity contribution in [1.29, 1.82) is 0 Å². The molecule has 0 amide bonds. The minimum absolute atomic E-state index is 0.603. The Labute approximate surface area is 730 Å². The molecular weight excluding hydrogens is 1540 g/mol. The molecule has 8 aliphatic heterocycles. The normalized spacial score (nSPS) is 20.6. The molecule has 8 aliphatic rings. The molecule has 24 nitrogen and oxygen atoms in total. The molecule has 120 heavy (non-hydrogen) atoms. The van der Waals surface area contributed by atoms with Crippen molar-refractivity contribution in [3.05, 3.63) is 0 Å². The van der Waals surface area contributed by atoms with Crippen LogP contribution in [-0.4, -0.2) is 267 Å². The molecule has 0 radical (unpaired) electrons. The molecule has 0 bridgehead atoms. The summed E-state index contributed by atoms with van der Waals surface area (Å²) >= 11 is 0. The minimum Gasteiger partial charge on any atom is -0.867 e. The predicted octanol–water partition coefficient (Wildman–Crippen LogP) is 8.82. The molecule has 0 spiro atoms. The van der Waals surface area contributed by atoms with Crippen LogP contribution in [0.1, 0.15) is 324 Å². The SMILES string of the molecule is CCCC[N+]1=C(C)OC[C@@H]1C(C)C.CCCC[N+]1=C(C)OC[C@@H]1C(C)C.CCCC[N+]1=C(C)OC[C@@H]1C(C)C.CCCC[N+]1=C(C)OC[C@@H]1C(C)C.CCCC[N+]1=C(C)OC[C@@H]1C(C)C.CCCC[N+]1=C(C)OC[C@@H]1C(C)C.CCCC[N+]1=C(C)OC[C@@H]1C(C)C.CCCC[N+]1=C(C)OC[C@@H]1C(C)C.[O-]B([O-])F.[O-]B([O-])F.[O-]B([O-])F.[O-]B([O-])F. The first kappa shape index (κ1) is 122. The Morgan fingerprint density at radius 2 is 0.292 bits per heavy atom. The Morgan fingerprint density at radius 3 is 0.350 bits per heavy atom. The van der Waals surface area contributed by atoms with Crippen molar-refractivity contribution in [2.45, 2.75) is 373 Å². The van der Waals surface area contributed by atoms with Gasteiger partial charge in [0, 0.05) is 98.7 Å². The highest BCUT2D eigenvalue weighted by atomic mass is 19.1. The van der Waals surface area contributed by atoms with E-state index in [0.29, 0.717) is 95.7 Å². The van der Waals surface area contributed by atoms with Gasteiger partial charge in [-0.3, -0.25) is 0 Å². The molecule has 0 aliphatic carbocycles. The number of hydrogen-bond donors (Lipinski definition) is 0. The summed E-state index contributed by atoms with van der Waals surface area (Å²) in [5, 5.41) is 66.4. The van der Waals surface area contributed by atoms with E-state index in [9.17, 15) is 17.3 Å². The smallest absolute Gasteiger partial charge is 0.333 e. The third-order valence-corrected chi connectivity index (χ3v) is 22.3. The zero-order valence-electron chi connectivity index (χ0n) is 81.8. The number of ether oxygens (including phenoxy) is 8. The first-order valence-corrected chi connectivity index (χ1v) is 45.9. The maximum atomic E-state index is 9.89. The van der Waals surface area contributed by atoms with Gasteiger partial charge in [0.05, 0.1) is 55.4 Å². The Balaban J connectivity index is -0.000000624. The van der Waals surface area contributed by atoms with Crippen molar-refractivity contribution in [2.75, 3.05) is 105 Å². The van der Waals surface area contributed by atoms with Gasteiger partial charge in [-0.2, -0.15) is 36.6 Å². The number of nitrogens with zero attached hydrogens (tertiary/aromatic N) is 8. The Hall–Kier alpha value is -4.58. The summed E-state index contributed by atoms with van der Waals surface area (Å²) in [5.41, 5.74) is 0.